The number of benzene rings is 1. The molecule has 0 fully saturated rings. The third kappa shape index (κ3) is 4.93. The van der Waals surface area contributed by atoms with Crippen molar-refractivity contribution in [2.75, 3.05) is 20.3 Å². The molecular formula is C11H11BrClNO4. The molecule has 1 aromatic carbocycles. The molecule has 1 aromatic rings. The van der Waals surface area contributed by atoms with Crippen LogP contribution in [0.5, 0.6) is 5.75 Å². The van der Waals surface area contributed by atoms with Crippen LogP contribution in [-0.4, -0.2) is 32.1 Å². The van der Waals surface area contributed by atoms with Crippen molar-refractivity contribution in [1.29, 1.82) is 0 Å². The largest absolute Gasteiger partial charge is 0.481 e. The molecule has 0 aliphatic heterocycles. The Kier molecular flexibility index (Phi) is 5.94. The van der Waals surface area contributed by atoms with Crippen LogP contribution in [0.15, 0.2) is 22.7 Å². The molecule has 0 saturated carbocycles. The fraction of sp³-hybridized carbons (Fsp3) is 0.273. The molecule has 0 aliphatic carbocycles. The van der Waals surface area contributed by atoms with Crippen molar-refractivity contribution < 1.29 is 19.1 Å². The molecular weight excluding hydrogens is 325 g/mol. The zero-order chi connectivity index (χ0) is 13.5. The van der Waals surface area contributed by atoms with Crippen LogP contribution in [0.2, 0.25) is 5.02 Å². The molecule has 98 valence electrons. The fourth-order valence-electron chi connectivity index (χ4n) is 0.989. The van der Waals surface area contributed by atoms with Gasteiger partial charge >= 0.3 is 5.97 Å². The van der Waals surface area contributed by atoms with Gasteiger partial charge in [0.05, 0.1) is 4.47 Å². The molecule has 1 N–H and O–H groups in total. The monoisotopic (exact) mass is 335 g/mol. The van der Waals surface area contributed by atoms with Gasteiger partial charge in [-0.2, -0.15) is 0 Å². The number of halogens is 2. The Balaban J connectivity index is 2.40. The summed E-state index contributed by atoms with van der Waals surface area (Å²) in [5, 5.41) is 2.88. The summed E-state index contributed by atoms with van der Waals surface area (Å²) in [5.74, 6) is -0.534. The van der Waals surface area contributed by atoms with Crippen LogP contribution in [-0.2, 0) is 14.3 Å². The van der Waals surface area contributed by atoms with Gasteiger partial charge in [-0.25, -0.2) is 4.79 Å². The van der Waals surface area contributed by atoms with Gasteiger partial charge in [-0.05, 0) is 34.1 Å². The van der Waals surface area contributed by atoms with Crippen LogP contribution in [0.4, 0.5) is 0 Å². The van der Waals surface area contributed by atoms with Crippen molar-refractivity contribution in [2.24, 2.45) is 0 Å². The summed E-state index contributed by atoms with van der Waals surface area (Å²) < 4.78 is 10.5. The highest BCUT2D eigenvalue weighted by molar-refractivity contribution is 9.10. The minimum absolute atomic E-state index is 0.281. The molecule has 7 heteroatoms. The molecule has 1 amide bonds. The molecule has 0 spiro atoms. The average Bonchev–Trinajstić information content (AvgIpc) is 2.34. The molecule has 0 saturated heterocycles. The number of esters is 1. The Labute approximate surface area is 118 Å². The quantitative estimate of drug-likeness (QED) is 0.832. The molecule has 0 aromatic heterocycles. The first kappa shape index (κ1) is 14.8. The van der Waals surface area contributed by atoms with E-state index >= 15 is 0 Å². The van der Waals surface area contributed by atoms with E-state index in [0.717, 1.165) is 0 Å². The number of nitrogens with one attached hydrogen (secondary N) is 1. The summed E-state index contributed by atoms with van der Waals surface area (Å²) in [6, 6.07) is 4.91. The lowest BCUT2D eigenvalue weighted by atomic mass is 10.3. The van der Waals surface area contributed by atoms with Gasteiger partial charge in [-0.1, -0.05) is 11.6 Å². The van der Waals surface area contributed by atoms with Crippen LogP contribution in [0.1, 0.15) is 0 Å². The number of ether oxygens (including phenoxy) is 2. The number of carbonyl (C=O) groups excluding carboxylic acids is 2. The molecule has 0 aliphatic rings. The predicted molar refractivity (Wildman–Crippen MR) is 69.7 cm³/mol. The molecule has 0 heterocycles. The van der Waals surface area contributed by atoms with E-state index in [4.69, 9.17) is 16.3 Å². The molecule has 0 atom stereocenters. The third-order valence-electron chi connectivity index (χ3n) is 1.88. The van der Waals surface area contributed by atoms with Crippen molar-refractivity contribution in [3.05, 3.63) is 27.7 Å². The second kappa shape index (κ2) is 7.23. The van der Waals surface area contributed by atoms with E-state index in [1.54, 1.807) is 18.2 Å². The standard InChI is InChI=1S/C11H11BrClNO4/c1-14-10(15)5-18-11(16)6-17-9-3-2-7(13)4-8(9)12/h2-4H,5-6H2,1H3,(H,14,15). The third-order valence-corrected chi connectivity index (χ3v) is 2.74. The fourth-order valence-corrected chi connectivity index (χ4v) is 1.79. The van der Waals surface area contributed by atoms with E-state index in [-0.39, 0.29) is 19.1 Å². The molecule has 1 rings (SSSR count). The lowest BCUT2D eigenvalue weighted by molar-refractivity contribution is -0.150. The number of hydrogen-bond acceptors (Lipinski definition) is 4. The Bertz CT molecular complexity index is 453. The first-order valence-corrected chi connectivity index (χ1v) is 6.14. The van der Waals surface area contributed by atoms with E-state index in [1.807, 2.05) is 0 Å². The zero-order valence-corrected chi connectivity index (χ0v) is 11.9. The maximum Gasteiger partial charge on any atom is 0.344 e. The highest BCUT2D eigenvalue weighted by atomic mass is 79.9. The van der Waals surface area contributed by atoms with E-state index in [9.17, 15) is 9.59 Å². The maximum absolute atomic E-state index is 11.2. The molecule has 5 nitrogen and oxygen atoms in total. The second-order valence-corrected chi connectivity index (χ2v) is 4.49. The topological polar surface area (TPSA) is 64.6 Å². The Morgan fingerprint density at radius 2 is 2.11 bits per heavy atom. The molecule has 0 radical (unpaired) electrons. The van der Waals surface area contributed by atoms with Crippen LogP contribution in [0.3, 0.4) is 0 Å². The zero-order valence-electron chi connectivity index (χ0n) is 9.54. The number of amides is 1. The lowest BCUT2D eigenvalue weighted by Crippen LogP contribution is -2.26. The predicted octanol–water partition coefficient (Wildman–Crippen LogP) is 1.77. The first-order valence-electron chi connectivity index (χ1n) is 4.97. The van der Waals surface area contributed by atoms with E-state index in [1.165, 1.54) is 7.05 Å². The summed E-state index contributed by atoms with van der Waals surface area (Å²) in [6.07, 6.45) is 0. The van der Waals surface area contributed by atoms with Gasteiger partial charge in [-0.3, -0.25) is 4.79 Å². The summed E-state index contributed by atoms with van der Waals surface area (Å²) >= 11 is 9.00. The van der Waals surface area contributed by atoms with Gasteiger partial charge in [0.15, 0.2) is 13.2 Å². The highest BCUT2D eigenvalue weighted by Crippen LogP contribution is 2.27. The average molecular weight is 337 g/mol. The molecule has 18 heavy (non-hydrogen) atoms. The Morgan fingerprint density at radius 3 is 2.72 bits per heavy atom. The second-order valence-electron chi connectivity index (χ2n) is 3.20. The van der Waals surface area contributed by atoms with Crippen molar-refractivity contribution in [3.63, 3.8) is 0 Å². The number of likely N-dealkylation sites (N-methyl/N-ethyl adjacent to an activating group) is 1. The van der Waals surface area contributed by atoms with E-state index < -0.39 is 5.97 Å². The van der Waals surface area contributed by atoms with Gasteiger partial charge in [0.25, 0.3) is 5.91 Å². The Hall–Kier alpha value is -1.27. The first-order chi connectivity index (χ1) is 8.52. The number of carbonyl (C=O) groups is 2. The van der Waals surface area contributed by atoms with Gasteiger partial charge in [-0.15, -0.1) is 0 Å². The van der Waals surface area contributed by atoms with Gasteiger partial charge < -0.3 is 14.8 Å². The summed E-state index contributed by atoms with van der Waals surface area (Å²) in [6.45, 7) is -0.599. The maximum atomic E-state index is 11.2. The minimum atomic E-state index is -0.625. The molecule has 0 unspecified atom stereocenters. The van der Waals surface area contributed by atoms with Crippen molar-refractivity contribution >= 4 is 39.4 Å². The lowest BCUT2D eigenvalue weighted by Gasteiger charge is -2.08. The van der Waals surface area contributed by atoms with Crippen molar-refractivity contribution in [2.45, 2.75) is 0 Å². The van der Waals surface area contributed by atoms with Crippen LogP contribution < -0.4 is 10.1 Å². The smallest absolute Gasteiger partial charge is 0.344 e. The van der Waals surface area contributed by atoms with Crippen molar-refractivity contribution in [3.8, 4) is 5.75 Å². The summed E-state index contributed by atoms with van der Waals surface area (Å²) in [7, 11) is 1.46. The number of hydrogen-bond donors (Lipinski definition) is 1. The van der Waals surface area contributed by atoms with Crippen LogP contribution in [0.25, 0.3) is 0 Å². The summed E-state index contributed by atoms with van der Waals surface area (Å²) in [5.41, 5.74) is 0. The van der Waals surface area contributed by atoms with Gasteiger partial charge in [0.1, 0.15) is 5.75 Å². The van der Waals surface area contributed by atoms with E-state index in [0.29, 0.717) is 15.2 Å². The Morgan fingerprint density at radius 1 is 1.39 bits per heavy atom. The summed E-state index contributed by atoms with van der Waals surface area (Å²) in [4.78, 5) is 22.1. The minimum Gasteiger partial charge on any atom is -0.481 e. The normalized spacial score (nSPS) is 9.72. The molecule has 0 bridgehead atoms. The van der Waals surface area contributed by atoms with Gasteiger partial charge in [0.2, 0.25) is 0 Å². The van der Waals surface area contributed by atoms with Crippen LogP contribution >= 0.6 is 27.5 Å². The van der Waals surface area contributed by atoms with E-state index in [2.05, 4.69) is 26.0 Å². The SMILES string of the molecule is CNC(=O)COC(=O)COc1ccc(Cl)cc1Br. The van der Waals surface area contributed by atoms with Crippen molar-refractivity contribution in [1.82, 2.24) is 5.32 Å². The highest BCUT2D eigenvalue weighted by Gasteiger charge is 2.09. The van der Waals surface area contributed by atoms with Crippen LogP contribution in [0, 0.1) is 0 Å². The number of rotatable bonds is 5. The van der Waals surface area contributed by atoms with Gasteiger partial charge in [0, 0.05) is 12.1 Å².